The van der Waals surface area contributed by atoms with Gasteiger partial charge in [-0.3, -0.25) is 0 Å². The predicted octanol–water partition coefficient (Wildman–Crippen LogP) is 0.663. The molecule has 0 aromatic carbocycles. The molecule has 3 rings (SSSR count). The molecular formula is C10H11N3O. The topological polar surface area (TPSA) is 49.6 Å². The first-order valence-corrected chi connectivity index (χ1v) is 4.71. The van der Waals surface area contributed by atoms with Crippen molar-refractivity contribution >= 4 is 11.3 Å². The molecule has 0 fully saturated rings. The Morgan fingerprint density at radius 2 is 2.43 bits per heavy atom. The van der Waals surface area contributed by atoms with Gasteiger partial charge in [0.15, 0.2) is 5.65 Å². The van der Waals surface area contributed by atoms with Crippen molar-refractivity contribution < 1.29 is 5.11 Å². The minimum absolute atomic E-state index is 0.278. The summed E-state index contributed by atoms with van der Waals surface area (Å²) in [7, 11) is 0. The van der Waals surface area contributed by atoms with Crippen LogP contribution in [0.2, 0.25) is 0 Å². The maximum atomic E-state index is 9.49. The fourth-order valence-electron chi connectivity index (χ4n) is 1.93. The number of nitrogens with one attached hydrogen (secondary N) is 1. The summed E-state index contributed by atoms with van der Waals surface area (Å²) < 4.78 is 1.98. The van der Waals surface area contributed by atoms with E-state index < -0.39 is 0 Å². The summed E-state index contributed by atoms with van der Waals surface area (Å²) in [6, 6.07) is 2.03. The lowest BCUT2D eigenvalue weighted by molar-refractivity contribution is 0.185. The van der Waals surface area contributed by atoms with E-state index in [1.807, 2.05) is 22.9 Å². The van der Waals surface area contributed by atoms with Gasteiger partial charge in [-0.05, 0) is 11.6 Å². The monoisotopic (exact) mass is 189 g/mol. The highest BCUT2D eigenvalue weighted by Gasteiger charge is 2.18. The molecule has 0 bridgehead atoms. The van der Waals surface area contributed by atoms with Crippen LogP contribution in [0.4, 0.5) is 5.69 Å². The molecule has 1 aliphatic rings. The van der Waals surface area contributed by atoms with Crippen molar-refractivity contribution in [3.8, 4) is 0 Å². The number of hydrogen-bond acceptors (Lipinski definition) is 3. The molecule has 3 heterocycles. The van der Waals surface area contributed by atoms with E-state index in [0.717, 1.165) is 16.9 Å². The predicted molar refractivity (Wildman–Crippen MR) is 53.4 cm³/mol. The number of nitrogens with zero attached hydrogens (tertiary/aromatic N) is 2. The van der Waals surface area contributed by atoms with Crippen molar-refractivity contribution in [2.45, 2.75) is 12.5 Å². The van der Waals surface area contributed by atoms with Crippen molar-refractivity contribution in [2.24, 2.45) is 0 Å². The van der Waals surface area contributed by atoms with Gasteiger partial charge in [-0.15, -0.1) is 0 Å². The summed E-state index contributed by atoms with van der Waals surface area (Å²) in [5, 5.41) is 12.7. The second-order valence-electron chi connectivity index (χ2n) is 3.61. The second kappa shape index (κ2) is 2.72. The van der Waals surface area contributed by atoms with Crippen LogP contribution >= 0.6 is 0 Å². The Bertz CT molecular complexity index is 477. The zero-order valence-electron chi connectivity index (χ0n) is 7.64. The molecule has 2 aromatic heterocycles. The van der Waals surface area contributed by atoms with Gasteiger partial charge in [0, 0.05) is 31.6 Å². The number of hydrogen-bond donors (Lipinski definition) is 2. The van der Waals surface area contributed by atoms with Crippen LogP contribution < -0.4 is 5.32 Å². The van der Waals surface area contributed by atoms with Gasteiger partial charge in [-0.25, -0.2) is 4.98 Å². The van der Waals surface area contributed by atoms with Crippen LogP contribution in [-0.2, 0) is 6.42 Å². The first kappa shape index (κ1) is 7.82. The average molecular weight is 189 g/mol. The van der Waals surface area contributed by atoms with Crippen LogP contribution in [0.15, 0.2) is 24.7 Å². The van der Waals surface area contributed by atoms with Crippen LogP contribution in [0.1, 0.15) is 5.56 Å². The molecule has 0 spiro atoms. The van der Waals surface area contributed by atoms with E-state index in [-0.39, 0.29) is 6.10 Å². The molecule has 4 heteroatoms. The van der Waals surface area contributed by atoms with E-state index in [9.17, 15) is 5.11 Å². The average Bonchev–Trinajstić information content (AvgIpc) is 2.65. The SMILES string of the molecule is OC1CNc2c(ccn3ccnc23)C1. The van der Waals surface area contributed by atoms with Gasteiger partial charge in [0.05, 0.1) is 11.8 Å². The molecule has 0 amide bonds. The first-order chi connectivity index (χ1) is 6.84. The van der Waals surface area contributed by atoms with Crippen LogP contribution in [0, 0.1) is 0 Å². The van der Waals surface area contributed by atoms with Crippen molar-refractivity contribution in [1.82, 2.24) is 9.38 Å². The lowest BCUT2D eigenvalue weighted by atomic mass is 10.0. The van der Waals surface area contributed by atoms with Crippen molar-refractivity contribution in [3.05, 3.63) is 30.2 Å². The quantitative estimate of drug-likeness (QED) is 0.640. The van der Waals surface area contributed by atoms with Gasteiger partial charge in [0.1, 0.15) is 0 Å². The van der Waals surface area contributed by atoms with Crippen LogP contribution in [-0.4, -0.2) is 27.1 Å². The maximum Gasteiger partial charge on any atom is 0.160 e. The van der Waals surface area contributed by atoms with E-state index >= 15 is 0 Å². The lowest BCUT2D eigenvalue weighted by Crippen LogP contribution is -2.27. The third-order valence-corrected chi connectivity index (χ3v) is 2.62. The summed E-state index contributed by atoms with van der Waals surface area (Å²) in [4.78, 5) is 4.28. The zero-order chi connectivity index (χ0) is 9.54. The Morgan fingerprint density at radius 1 is 1.50 bits per heavy atom. The molecule has 0 radical (unpaired) electrons. The number of anilines is 1. The Hall–Kier alpha value is -1.55. The molecule has 1 atom stereocenters. The second-order valence-corrected chi connectivity index (χ2v) is 3.61. The molecule has 2 aromatic rings. The van der Waals surface area contributed by atoms with Gasteiger partial charge in [0.2, 0.25) is 0 Å². The smallest absolute Gasteiger partial charge is 0.160 e. The van der Waals surface area contributed by atoms with Gasteiger partial charge >= 0.3 is 0 Å². The highest BCUT2D eigenvalue weighted by atomic mass is 16.3. The number of β-amino-alcohol motifs (C(OH)–C–C–N with tert-alkyl or cyclic N) is 1. The van der Waals surface area contributed by atoms with Crippen LogP contribution in [0.5, 0.6) is 0 Å². The van der Waals surface area contributed by atoms with Gasteiger partial charge < -0.3 is 14.8 Å². The number of imidazole rings is 1. The molecule has 2 N–H and O–H groups in total. The molecule has 0 saturated heterocycles. The van der Waals surface area contributed by atoms with E-state index in [2.05, 4.69) is 10.3 Å². The molecule has 14 heavy (non-hydrogen) atoms. The van der Waals surface area contributed by atoms with Crippen molar-refractivity contribution in [3.63, 3.8) is 0 Å². The van der Waals surface area contributed by atoms with E-state index in [1.165, 1.54) is 0 Å². The summed E-state index contributed by atoms with van der Waals surface area (Å²) in [5.74, 6) is 0. The molecule has 1 aliphatic heterocycles. The number of pyridine rings is 1. The minimum Gasteiger partial charge on any atom is -0.391 e. The van der Waals surface area contributed by atoms with Crippen LogP contribution in [0.25, 0.3) is 5.65 Å². The first-order valence-electron chi connectivity index (χ1n) is 4.71. The standard InChI is InChI=1S/C10H11N3O/c14-8-5-7-1-3-13-4-2-11-10(13)9(7)12-6-8/h1-4,8,12,14H,5-6H2. The summed E-state index contributed by atoms with van der Waals surface area (Å²) in [6.45, 7) is 0.611. The third kappa shape index (κ3) is 1.01. The molecule has 0 aliphatic carbocycles. The van der Waals surface area contributed by atoms with E-state index in [0.29, 0.717) is 13.0 Å². The van der Waals surface area contributed by atoms with Crippen molar-refractivity contribution in [1.29, 1.82) is 0 Å². The summed E-state index contributed by atoms with van der Waals surface area (Å²) in [6.07, 6.45) is 6.11. The van der Waals surface area contributed by atoms with E-state index in [1.54, 1.807) is 6.20 Å². The third-order valence-electron chi connectivity index (χ3n) is 2.62. The number of rotatable bonds is 0. The minimum atomic E-state index is -0.278. The van der Waals surface area contributed by atoms with Crippen molar-refractivity contribution in [2.75, 3.05) is 11.9 Å². The molecule has 72 valence electrons. The Labute approximate surface area is 81.2 Å². The van der Waals surface area contributed by atoms with Crippen LogP contribution in [0.3, 0.4) is 0 Å². The van der Waals surface area contributed by atoms with Gasteiger partial charge in [-0.1, -0.05) is 0 Å². The molecule has 1 unspecified atom stereocenters. The summed E-state index contributed by atoms with van der Waals surface area (Å²) in [5.41, 5.74) is 3.14. The number of fused-ring (bicyclic) bond motifs is 3. The molecular weight excluding hydrogens is 178 g/mol. The Kier molecular flexibility index (Phi) is 1.52. The Morgan fingerprint density at radius 3 is 3.36 bits per heavy atom. The Balaban J connectivity index is 2.24. The molecule has 4 nitrogen and oxygen atoms in total. The zero-order valence-corrected chi connectivity index (χ0v) is 7.64. The number of aliphatic hydroxyl groups is 1. The lowest BCUT2D eigenvalue weighted by Gasteiger charge is -2.22. The fraction of sp³-hybridized carbons (Fsp3) is 0.300. The van der Waals surface area contributed by atoms with Gasteiger partial charge in [0.25, 0.3) is 0 Å². The number of aromatic nitrogens is 2. The number of aliphatic hydroxyl groups excluding tert-OH is 1. The highest BCUT2D eigenvalue weighted by Crippen LogP contribution is 2.25. The summed E-state index contributed by atoms with van der Waals surface area (Å²) >= 11 is 0. The molecule has 0 saturated carbocycles. The fourth-order valence-corrected chi connectivity index (χ4v) is 1.93. The highest BCUT2D eigenvalue weighted by molar-refractivity contribution is 5.72. The van der Waals surface area contributed by atoms with Gasteiger partial charge in [-0.2, -0.15) is 0 Å². The maximum absolute atomic E-state index is 9.49. The largest absolute Gasteiger partial charge is 0.391 e. The normalized spacial score (nSPS) is 20.5. The van der Waals surface area contributed by atoms with E-state index in [4.69, 9.17) is 0 Å².